The maximum absolute atomic E-state index is 12.1. The second-order valence-electron chi connectivity index (χ2n) is 6.78. The van der Waals surface area contributed by atoms with Crippen molar-refractivity contribution in [2.24, 2.45) is 5.41 Å². The minimum atomic E-state index is -0.341. The highest BCUT2D eigenvalue weighted by Gasteiger charge is 2.27. The van der Waals surface area contributed by atoms with E-state index in [0.717, 1.165) is 37.3 Å². The molecule has 1 saturated heterocycles. The van der Waals surface area contributed by atoms with Gasteiger partial charge in [-0.15, -0.1) is 0 Å². The molecule has 1 fully saturated rings. The predicted octanol–water partition coefficient (Wildman–Crippen LogP) is 1.48. The molecule has 1 amide bonds. The van der Waals surface area contributed by atoms with Crippen molar-refractivity contribution in [2.75, 3.05) is 18.0 Å². The van der Waals surface area contributed by atoms with Crippen molar-refractivity contribution in [3.63, 3.8) is 0 Å². The number of rotatable bonds is 2. The van der Waals surface area contributed by atoms with Crippen LogP contribution in [0.2, 0.25) is 0 Å². The van der Waals surface area contributed by atoms with Crippen LogP contribution in [-0.2, 0) is 4.79 Å². The zero-order valence-corrected chi connectivity index (χ0v) is 13.3. The number of carbonyl (C=O) groups excluding carboxylic acids is 1. The molecule has 22 heavy (non-hydrogen) atoms. The number of aromatic amines is 1. The summed E-state index contributed by atoms with van der Waals surface area (Å²) >= 11 is 0. The average Bonchev–Trinajstić information content (AvgIpc) is 2.95. The van der Waals surface area contributed by atoms with Crippen LogP contribution < -0.4 is 10.2 Å². The highest BCUT2D eigenvalue weighted by Crippen LogP contribution is 2.24. The zero-order chi connectivity index (χ0) is 15.7. The lowest BCUT2D eigenvalue weighted by Gasteiger charge is -2.34. The first-order valence-corrected chi connectivity index (χ1v) is 7.65. The molecule has 7 heteroatoms. The molecule has 3 heterocycles. The number of aromatic nitrogens is 4. The van der Waals surface area contributed by atoms with Crippen molar-refractivity contribution in [2.45, 2.75) is 39.7 Å². The molecule has 0 radical (unpaired) electrons. The summed E-state index contributed by atoms with van der Waals surface area (Å²) in [4.78, 5) is 30.1. The van der Waals surface area contributed by atoms with Gasteiger partial charge in [0.25, 0.3) is 0 Å². The molecule has 0 bridgehead atoms. The largest absolute Gasteiger partial charge is 0.355 e. The van der Waals surface area contributed by atoms with Gasteiger partial charge in [-0.3, -0.25) is 4.79 Å². The summed E-state index contributed by atoms with van der Waals surface area (Å²) in [6.07, 6.45) is 5.02. The molecule has 1 aliphatic heterocycles. The quantitative estimate of drug-likeness (QED) is 0.877. The van der Waals surface area contributed by atoms with E-state index in [2.05, 4.69) is 30.2 Å². The van der Waals surface area contributed by atoms with E-state index in [0.29, 0.717) is 5.65 Å². The molecular weight excluding hydrogens is 280 g/mol. The molecule has 0 unspecified atom stereocenters. The highest BCUT2D eigenvalue weighted by molar-refractivity contribution is 5.83. The van der Waals surface area contributed by atoms with E-state index in [-0.39, 0.29) is 17.4 Å². The summed E-state index contributed by atoms with van der Waals surface area (Å²) < 4.78 is 0. The smallest absolute Gasteiger partial charge is 0.225 e. The fourth-order valence-corrected chi connectivity index (χ4v) is 2.63. The molecule has 0 atom stereocenters. The van der Waals surface area contributed by atoms with Gasteiger partial charge in [0, 0.05) is 24.5 Å². The first kappa shape index (κ1) is 14.7. The number of nitrogens with zero attached hydrogens (tertiary/aromatic N) is 4. The van der Waals surface area contributed by atoms with Crippen molar-refractivity contribution >= 4 is 22.9 Å². The van der Waals surface area contributed by atoms with E-state index in [1.807, 2.05) is 20.8 Å². The number of H-pyrrole nitrogens is 1. The van der Waals surface area contributed by atoms with Crippen molar-refractivity contribution in [3.05, 3.63) is 12.7 Å². The van der Waals surface area contributed by atoms with Crippen molar-refractivity contribution in [1.29, 1.82) is 0 Å². The van der Waals surface area contributed by atoms with Crippen molar-refractivity contribution < 1.29 is 4.79 Å². The van der Waals surface area contributed by atoms with Crippen LogP contribution >= 0.6 is 0 Å². The van der Waals surface area contributed by atoms with Crippen LogP contribution in [0, 0.1) is 5.41 Å². The molecule has 2 N–H and O–H groups in total. The number of carbonyl (C=O) groups is 1. The van der Waals surface area contributed by atoms with Gasteiger partial charge in [0.05, 0.1) is 6.33 Å². The lowest BCUT2D eigenvalue weighted by Crippen LogP contribution is -2.48. The molecule has 7 nitrogen and oxygen atoms in total. The van der Waals surface area contributed by atoms with Gasteiger partial charge in [-0.25, -0.2) is 15.0 Å². The van der Waals surface area contributed by atoms with Gasteiger partial charge < -0.3 is 15.2 Å². The van der Waals surface area contributed by atoms with Gasteiger partial charge in [-0.1, -0.05) is 20.8 Å². The standard InChI is InChI=1S/C15H22N6O/c1-15(2,3)14(22)20-10-4-6-21(7-5-10)13-11-12(17-8-16-11)18-9-19-13/h8-10H,4-7H2,1-3H3,(H,20,22)(H,16,17,18,19). The Hall–Kier alpha value is -2.18. The molecule has 1 aliphatic rings. The van der Waals surface area contributed by atoms with Crippen LogP contribution in [0.4, 0.5) is 5.82 Å². The molecule has 0 saturated carbocycles. The summed E-state index contributed by atoms with van der Waals surface area (Å²) in [5.74, 6) is 1.01. The van der Waals surface area contributed by atoms with E-state index in [1.165, 1.54) is 0 Å². The number of nitrogens with one attached hydrogen (secondary N) is 2. The highest BCUT2D eigenvalue weighted by atomic mass is 16.2. The SMILES string of the molecule is CC(C)(C)C(=O)NC1CCN(c2ncnc3nc[nH]c23)CC1. The third kappa shape index (κ3) is 2.88. The number of imidazole rings is 1. The Labute approximate surface area is 129 Å². The Bertz CT molecular complexity index is 666. The van der Waals surface area contributed by atoms with Crippen LogP contribution in [-0.4, -0.2) is 45.0 Å². The van der Waals surface area contributed by atoms with Crippen LogP contribution in [0.25, 0.3) is 11.2 Å². The number of anilines is 1. The zero-order valence-electron chi connectivity index (χ0n) is 13.3. The number of fused-ring (bicyclic) bond motifs is 1. The second-order valence-corrected chi connectivity index (χ2v) is 6.78. The fourth-order valence-electron chi connectivity index (χ4n) is 2.63. The number of hydrogen-bond acceptors (Lipinski definition) is 5. The summed E-state index contributed by atoms with van der Waals surface area (Å²) in [5, 5.41) is 3.14. The Kier molecular flexibility index (Phi) is 3.72. The maximum atomic E-state index is 12.1. The van der Waals surface area contributed by atoms with Crippen molar-refractivity contribution in [1.82, 2.24) is 25.3 Å². The van der Waals surface area contributed by atoms with Crippen LogP contribution in [0.3, 0.4) is 0 Å². The third-order valence-corrected chi connectivity index (χ3v) is 4.01. The van der Waals surface area contributed by atoms with Gasteiger partial charge >= 0.3 is 0 Å². The fraction of sp³-hybridized carbons (Fsp3) is 0.600. The molecule has 0 aromatic carbocycles. The second kappa shape index (κ2) is 5.55. The van der Waals surface area contributed by atoms with E-state index in [4.69, 9.17) is 0 Å². The maximum Gasteiger partial charge on any atom is 0.225 e. The number of amides is 1. The summed E-state index contributed by atoms with van der Waals surface area (Å²) in [6.45, 7) is 7.54. The van der Waals surface area contributed by atoms with Crippen molar-refractivity contribution in [3.8, 4) is 0 Å². The Morgan fingerprint density at radius 3 is 2.68 bits per heavy atom. The minimum Gasteiger partial charge on any atom is -0.355 e. The number of piperidine rings is 1. The van der Waals surface area contributed by atoms with Crippen LogP contribution in [0.1, 0.15) is 33.6 Å². The monoisotopic (exact) mass is 302 g/mol. The minimum absolute atomic E-state index is 0.115. The molecular formula is C15H22N6O. The van der Waals surface area contributed by atoms with Crippen LogP contribution in [0.5, 0.6) is 0 Å². The van der Waals surface area contributed by atoms with Gasteiger partial charge in [-0.2, -0.15) is 0 Å². The molecule has 2 aromatic heterocycles. The first-order chi connectivity index (χ1) is 10.4. The molecule has 2 aromatic rings. The lowest BCUT2D eigenvalue weighted by molar-refractivity contribution is -0.129. The Balaban J connectivity index is 1.65. The number of hydrogen-bond donors (Lipinski definition) is 2. The van der Waals surface area contributed by atoms with E-state index >= 15 is 0 Å². The molecule has 3 rings (SSSR count). The average molecular weight is 302 g/mol. The first-order valence-electron chi connectivity index (χ1n) is 7.65. The summed E-state index contributed by atoms with van der Waals surface area (Å²) in [7, 11) is 0. The third-order valence-electron chi connectivity index (χ3n) is 4.01. The molecule has 0 aliphatic carbocycles. The van der Waals surface area contributed by atoms with Gasteiger partial charge in [0.1, 0.15) is 11.8 Å². The predicted molar refractivity (Wildman–Crippen MR) is 84.5 cm³/mol. The normalized spacial score (nSPS) is 17.0. The summed E-state index contributed by atoms with van der Waals surface area (Å²) in [5.41, 5.74) is 1.22. The molecule has 118 valence electrons. The van der Waals surface area contributed by atoms with Gasteiger partial charge in [0.2, 0.25) is 5.91 Å². The van der Waals surface area contributed by atoms with E-state index in [9.17, 15) is 4.79 Å². The van der Waals surface area contributed by atoms with E-state index in [1.54, 1.807) is 12.7 Å². The van der Waals surface area contributed by atoms with Gasteiger partial charge in [-0.05, 0) is 12.8 Å². The Morgan fingerprint density at radius 2 is 2.00 bits per heavy atom. The van der Waals surface area contributed by atoms with Crippen LogP contribution in [0.15, 0.2) is 12.7 Å². The van der Waals surface area contributed by atoms with E-state index < -0.39 is 0 Å². The molecule has 0 spiro atoms. The lowest BCUT2D eigenvalue weighted by atomic mass is 9.94. The topological polar surface area (TPSA) is 86.8 Å². The summed E-state index contributed by atoms with van der Waals surface area (Å²) in [6, 6.07) is 0.238. The Morgan fingerprint density at radius 1 is 1.27 bits per heavy atom. The van der Waals surface area contributed by atoms with Gasteiger partial charge in [0.15, 0.2) is 11.5 Å².